The number of furan rings is 1. The Morgan fingerprint density at radius 1 is 1.28 bits per heavy atom. The highest BCUT2D eigenvalue weighted by Crippen LogP contribution is 2.40. The molecule has 1 fully saturated rings. The lowest BCUT2D eigenvalue weighted by Crippen LogP contribution is -2.32. The van der Waals surface area contributed by atoms with Crippen LogP contribution in [0.15, 0.2) is 47.3 Å². The number of carbonyl (C=O) groups excluding carboxylic acids is 1. The molecule has 2 aromatic rings. The molecular weight excluding hydrogens is 335 g/mol. The number of amides is 1. The molecule has 0 spiro atoms. The van der Waals surface area contributed by atoms with E-state index in [1.165, 1.54) is 35.6 Å². The van der Waals surface area contributed by atoms with Gasteiger partial charge in [0.1, 0.15) is 0 Å². The molecule has 1 saturated heterocycles. The van der Waals surface area contributed by atoms with Gasteiger partial charge in [-0.05, 0) is 36.1 Å². The van der Waals surface area contributed by atoms with Gasteiger partial charge in [0.2, 0.25) is 5.91 Å². The molecule has 134 valence electrons. The molecule has 2 heterocycles. The van der Waals surface area contributed by atoms with Gasteiger partial charge in [-0.2, -0.15) is 13.2 Å². The first-order valence-electron chi connectivity index (χ1n) is 8.01. The lowest BCUT2D eigenvalue weighted by molar-refractivity contribution is -0.140. The zero-order valence-corrected chi connectivity index (χ0v) is 13.4. The number of rotatable bonds is 4. The highest BCUT2D eigenvalue weighted by molar-refractivity contribution is 5.77. The van der Waals surface area contributed by atoms with Gasteiger partial charge in [-0.25, -0.2) is 0 Å². The van der Waals surface area contributed by atoms with Gasteiger partial charge in [-0.3, -0.25) is 4.79 Å². The molecule has 0 bridgehead atoms. The van der Waals surface area contributed by atoms with Gasteiger partial charge in [0.05, 0.1) is 30.2 Å². The second-order valence-electron chi connectivity index (χ2n) is 6.17. The molecule has 3 rings (SSSR count). The summed E-state index contributed by atoms with van der Waals surface area (Å²) in [6.45, 7) is 0.0427. The van der Waals surface area contributed by atoms with Crippen LogP contribution in [0.5, 0.6) is 0 Å². The van der Waals surface area contributed by atoms with Crippen LogP contribution in [0.3, 0.4) is 0 Å². The van der Waals surface area contributed by atoms with Crippen LogP contribution >= 0.6 is 0 Å². The number of carbonyl (C=O) groups is 1. The van der Waals surface area contributed by atoms with Crippen molar-refractivity contribution in [3.05, 3.63) is 59.5 Å². The maximum atomic E-state index is 13.3. The zero-order valence-electron chi connectivity index (χ0n) is 13.4. The van der Waals surface area contributed by atoms with Crippen molar-refractivity contribution in [1.29, 1.82) is 0 Å². The molecule has 1 aromatic carbocycles. The molecule has 0 saturated carbocycles. The van der Waals surface area contributed by atoms with E-state index in [9.17, 15) is 23.1 Å². The fourth-order valence-corrected chi connectivity index (χ4v) is 3.26. The third-order valence-electron chi connectivity index (χ3n) is 4.43. The third-order valence-corrected chi connectivity index (χ3v) is 4.43. The number of hydrogen-bond donors (Lipinski definition) is 1. The number of likely N-dealkylation sites (tertiary alicyclic amines) is 1. The van der Waals surface area contributed by atoms with Crippen molar-refractivity contribution >= 4 is 5.91 Å². The number of alkyl halides is 3. The normalized spacial score (nSPS) is 20.9. The lowest BCUT2D eigenvalue weighted by Gasteiger charge is -2.27. The number of aryl methyl sites for hydroxylation is 1. The van der Waals surface area contributed by atoms with Crippen LogP contribution in [0.1, 0.15) is 35.6 Å². The van der Waals surface area contributed by atoms with Crippen molar-refractivity contribution < 1.29 is 27.5 Å². The SMILES string of the molecule is O=C(CCc1ccoc1)N1C[C@H](O)C[C@H]1c1ccccc1C(F)(F)F. The van der Waals surface area contributed by atoms with Gasteiger partial charge in [0.25, 0.3) is 0 Å². The highest BCUT2D eigenvalue weighted by atomic mass is 19.4. The van der Waals surface area contributed by atoms with Gasteiger partial charge < -0.3 is 14.4 Å². The molecular formula is C18H18F3NO3. The molecule has 1 N–H and O–H groups in total. The predicted molar refractivity (Wildman–Crippen MR) is 83.6 cm³/mol. The number of benzene rings is 1. The summed E-state index contributed by atoms with van der Waals surface area (Å²) in [6, 6.07) is 6.19. The summed E-state index contributed by atoms with van der Waals surface area (Å²) in [6.07, 6.45) is -1.61. The maximum Gasteiger partial charge on any atom is 0.416 e. The summed E-state index contributed by atoms with van der Waals surface area (Å²) in [4.78, 5) is 13.9. The molecule has 7 heteroatoms. The Hall–Kier alpha value is -2.28. The first-order valence-corrected chi connectivity index (χ1v) is 8.01. The average molecular weight is 353 g/mol. The molecule has 0 aliphatic carbocycles. The number of aliphatic hydroxyl groups excluding tert-OH is 1. The Morgan fingerprint density at radius 3 is 2.72 bits per heavy atom. The van der Waals surface area contributed by atoms with E-state index >= 15 is 0 Å². The molecule has 4 nitrogen and oxygen atoms in total. The van der Waals surface area contributed by atoms with Crippen LogP contribution < -0.4 is 0 Å². The summed E-state index contributed by atoms with van der Waals surface area (Å²) >= 11 is 0. The minimum atomic E-state index is -4.50. The molecule has 0 radical (unpaired) electrons. The zero-order chi connectivity index (χ0) is 18.0. The monoisotopic (exact) mass is 353 g/mol. The van der Waals surface area contributed by atoms with Crippen LogP contribution in [-0.2, 0) is 17.4 Å². The van der Waals surface area contributed by atoms with Crippen molar-refractivity contribution in [2.45, 2.75) is 37.6 Å². The van der Waals surface area contributed by atoms with Gasteiger partial charge >= 0.3 is 6.18 Å². The summed E-state index contributed by atoms with van der Waals surface area (Å²) in [5, 5.41) is 9.94. The first-order chi connectivity index (χ1) is 11.9. The topological polar surface area (TPSA) is 53.7 Å². The van der Waals surface area contributed by atoms with Gasteiger partial charge in [0.15, 0.2) is 0 Å². The summed E-state index contributed by atoms with van der Waals surface area (Å²) in [5.74, 6) is -0.278. The molecule has 1 aliphatic rings. The Labute approximate surface area is 142 Å². The number of nitrogens with zero attached hydrogens (tertiary/aromatic N) is 1. The van der Waals surface area contributed by atoms with E-state index in [4.69, 9.17) is 4.42 Å². The third kappa shape index (κ3) is 3.87. The Morgan fingerprint density at radius 2 is 2.04 bits per heavy atom. The van der Waals surface area contributed by atoms with E-state index in [0.29, 0.717) is 6.42 Å². The van der Waals surface area contributed by atoms with Gasteiger partial charge in [0, 0.05) is 13.0 Å². The smallest absolute Gasteiger partial charge is 0.416 e. The van der Waals surface area contributed by atoms with E-state index in [2.05, 4.69) is 0 Å². The van der Waals surface area contributed by atoms with E-state index in [1.807, 2.05) is 0 Å². The fourth-order valence-electron chi connectivity index (χ4n) is 3.26. The molecule has 1 aromatic heterocycles. The molecule has 25 heavy (non-hydrogen) atoms. The number of halogens is 3. The molecule has 2 atom stereocenters. The summed E-state index contributed by atoms with van der Waals surface area (Å²) in [7, 11) is 0. The van der Waals surface area contributed by atoms with Crippen LogP contribution in [0.4, 0.5) is 13.2 Å². The standard InChI is InChI=1S/C18H18F3NO3/c19-18(20,21)15-4-2-1-3-14(15)16-9-13(23)10-22(16)17(24)6-5-12-7-8-25-11-12/h1-4,7-8,11,13,16,23H,5-6,9-10H2/t13-,16+/m1/s1. The van der Waals surface area contributed by atoms with Crippen LogP contribution in [0.2, 0.25) is 0 Å². The number of hydrogen-bond acceptors (Lipinski definition) is 3. The quantitative estimate of drug-likeness (QED) is 0.914. The summed E-state index contributed by atoms with van der Waals surface area (Å²) in [5.41, 5.74) is 0.116. The van der Waals surface area contributed by atoms with E-state index in [0.717, 1.165) is 11.6 Å². The average Bonchev–Trinajstić information content (AvgIpc) is 3.21. The molecule has 1 aliphatic heterocycles. The Kier molecular flexibility index (Phi) is 4.85. The first kappa shape index (κ1) is 17.5. The van der Waals surface area contributed by atoms with E-state index < -0.39 is 23.9 Å². The van der Waals surface area contributed by atoms with Crippen molar-refractivity contribution in [1.82, 2.24) is 4.90 Å². The van der Waals surface area contributed by atoms with Crippen molar-refractivity contribution in [3.8, 4) is 0 Å². The second kappa shape index (κ2) is 6.92. The fraction of sp³-hybridized carbons (Fsp3) is 0.389. The number of aliphatic hydroxyl groups is 1. The van der Waals surface area contributed by atoms with E-state index in [-0.39, 0.29) is 30.9 Å². The van der Waals surface area contributed by atoms with Crippen LogP contribution in [0.25, 0.3) is 0 Å². The molecule has 1 amide bonds. The van der Waals surface area contributed by atoms with Crippen LogP contribution in [0, 0.1) is 0 Å². The largest absolute Gasteiger partial charge is 0.472 e. The highest BCUT2D eigenvalue weighted by Gasteiger charge is 2.41. The minimum Gasteiger partial charge on any atom is -0.472 e. The van der Waals surface area contributed by atoms with Gasteiger partial charge in [-0.15, -0.1) is 0 Å². The Bertz CT molecular complexity index is 727. The van der Waals surface area contributed by atoms with Gasteiger partial charge in [-0.1, -0.05) is 18.2 Å². The predicted octanol–water partition coefficient (Wildman–Crippen LogP) is 3.57. The second-order valence-corrected chi connectivity index (χ2v) is 6.17. The van der Waals surface area contributed by atoms with Crippen molar-refractivity contribution in [2.24, 2.45) is 0 Å². The minimum absolute atomic E-state index is 0.0308. The molecule has 0 unspecified atom stereocenters. The van der Waals surface area contributed by atoms with E-state index in [1.54, 1.807) is 6.07 Å². The Balaban J connectivity index is 1.81. The lowest BCUT2D eigenvalue weighted by atomic mass is 9.97. The van der Waals surface area contributed by atoms with Crippen molar-refractivity contribution in [3.63, 3.8) is 0 Å². The van der Waals surface area contributed by atoms with Crippen LogP contribution in [-0.4, -0.2) is 28.6 Å². The number of β-amino-alcohol motifs (C(OH)–C–C–N with tert-alkyl or cyclic N) is 1. The summed E-state index contributed by atoms with van der Waals surface area (Å²) < 4.78 is 44.8. The van der Waals surface area contributed by atoms with Crippen molar-refractivity contribution in [2.75, 3.05) is 6.54 Å². The maximum absolute atomic E-state index is 13.3.